The number of ketones is 1. The third kappa shape index (κ3) is 1.83. The highest BCUT2D eigenvalue weighted by atomic mass is 16.5. The van der Waals surface area contributed by atoms with Crippen LogP contribution in [0.5, 0.6) is 0 Å². The van der Waals surface area contributed by atoms with Crippen LogP contribution in [0.15, 0.2) is 0 Å². The molecule has 2 bridgehead atoms. The molecule has 1 heterocycles. The lowest BCUT2D eigenvalue weighted by atomic mass is 9.56. The topological polar surface area (TPSA) is 46.6 Å². The molecule has 3 saturated carbocycles. The Morgan fingerprint density at radius 3 is 2.37 bits per heavy atom. The van der Waals surface area contributed by atoms with Crippen LogP contribution in [0.4, 0.5) is 0 Å². The summed E-state index contributed by atoms with van der Waals surface area (Å²) in [6.07, 6.45) is 6.42. The van der Waals surface area contributed by atoms with Gasteiger partial charge in [0, 0.05) is 12.0 Å². The lowest BCUT2D eigenvalue weighted by Gasteiger charge is -2.54. The molecule has 0 N–H and O–H groups in total. The molecule has 1 aliphatic heterocycles. The Labute approximate surface area is 114 Å². The molecule has 0 atom stereocenters. The van der Waals surface area contributed by atoms with E-state index in [1.807, 2.05) is 0 Å². The number of carbonyl (C=O) groups is 2. The van der Waals surface area contributed by atoms with Gasteiger partial charge in [0.15, 0.2) is 5.78 Å². The van der Waals surface area contributed by atoms with E-state index in [1.54, 1.807) is 6.92 Å². The fourth-order valence-corrected chi connectivity index (χ4v) is 4.27. The number of carbonyl (C=O) groups excluding carboxylic acids is 2. The molecule has 0 unspecified atom stereocenters. The molecule has 19 heavy (non-hydrogen) atoms. The van der Waals surface area contributed by atoms with Gasteiger partial charge in [-0.25, -0.2) is 0 Å². The Morgan fingerprint density at radius 2 is 1.84 bits per heavy atom. The maximum absolute atomic E-state index is 12.5. The van der Waals surface area contributed by atoms with Crippen LogP contribution < -0.4 is 0 Å². The van der Waals surface area contributed by atoms with E-state index in [0.717, 1.165) is 25.9 Å². The predicted octanol–water partition coefficient (Wildman–Crippen LogP) is 1.92. The predicted molar refractivity (Wildman–Crippen MR) is 70.7 cm³/mol. The van der Waals surface area contributed by atoms with Gasteiger partial charge in [0.2, 0.25) is 0 Å². The largest absolute Gasteiger partial charge is 0.465 e. The first kappa shape index (κ1) is 13.1. The Kier molecular flexibility index (Phi) is 3.16. The van der Waals surface area contributed by atoms with Gasteiger partial charge in [-0.2, -0.15) is 0 Å². The monoisotopic (exact) mass is 265 g/mol. The summed E-state index contributed by atoms with van der Waals surface area (Å²) in [6.45, 7) is 4.42. The standard InChI is InChI=1S/C15H23NO3/c1-2-19-13(18)15-7-5-14(6-8-15,11-12(15)17)16-9-3-4-10-16/h2-11H2,1H3. The van der Waals surface area contributed by atoms with Gasteiger partial charge in [-0.15, -0.1) is 0 Å². The molecule has 0 spiro atoms. The van der Waals surface area contributed by atoms with E-state index < -0.39 is 5.41 Å². The first-order valence-electron chi connectivity index (χ1n) is 7.59. The van der Waals surface area contributed by atoms with Crippen molar-refractivity contribution in [3.63, 3.8) is 0 Å². The van der Waals surface area contributed by atoms with Crippen LogP contribution in [0.1, 0.15) is 51.9 Å². The van der Waals surface area contributed by atoms with Crippen molar-refractivity contribution >= 4 is 11.8 Å². The molecule has 1 saturated heterocycles. The molecule has 0 radical (unpaired) electrons. The first-order chi connectivity index (χ1) is 9.13. The molecule has 0 aromatic heterocycles. The number of nitrogens with zero attached hydrogens (tertiary/aromatic N) is 1. The zero-order chi connectivity index (χ0) is 13.5. The van der Waals surface area contributed by atoms with Crippen LogP contribution in [-0.4, -0.2) is 41.9 Å². The van der Waals surface area contributed by atoms with E-state index in [9.17, 15) is 9.59 Å². The molecule has 4 fully saturated rings. The van der Waals surface area contributed by atoms with Crippen molar-refractivity contribution in [2.45, 2.75) is 57.4 Å². The third-order valence-corrected chi connectivity index (χ3v) is 5.50. The highest BCUT2D eigenvalue weighted by molar-refractivity contribution is 6.05. The van der Waals surface area contributed by atoms with Crippen molar-refractivity contribution in [3.05, 3.63) is 0 Å². The zero-order valence-corrected chi connectivity index (χ0v) is 11.7. The molecule has 0 aromatic carbocycles. The van der Waals surface area contributed by atoms with Crippen molar-refractivity contribution in [3.8, 4) is 0 Å². The van der Waals surface area contributed by atoms with E-state index in [0.29, 0.717) is 25.9 Å². The Morgan fingerprint density at radius 1 is 1.21 bits per heavy atom. The van der Waals surface area contributed by atoms with Gasteiger partial charge < -0.3 is 4.74 Å². The average molecular weight is 265 g/mol. The Hall–Kier alpha value is -0.900. The molecule has 4 nitrogen and oxygen atoms in total. The van der Waals surface area contributed by atoms with E-state index in [4.69, 9.17) is 4.74 Å². The number of ether oxygens (including phenoxy) is 1. The first-order valence-corrected chi connectivity index (χ1v) is 7.59. The minimum absolute atomic E-state index is 0.0713. The highest BCUT2D eigenvalue weighted by Crippen LogP contribution is 2.53. The Balaban J connectivity index is 1.80. The maximum atomic E-state index is 12.5. The molecule has 4 heteroatoms. The van der Waals surface area contributed by atoms with Gasteiger partial charge in [0.25, 0.3) is 0 Å². The number of fused-ring (bicyclic) bond motifs is 3. The average Bonchev–Trinajstić information content (AvgIpc) is 2.94. The van der Waals surface area contributed by atoms with Crippen molar-refractivity contribution in [1.29, 1.82) is 0 Å². The number of Topliss-reactive ketones (excluding diaryl/α,β-unsaturated/α-hetero) is 1. The summed E-state index contributed by atoms with van der Waals surface area (Å²) in [5.74, 6) is -0.134. The van der Waals surface area contributed by atoms with Gasteiger partial charge in [-0.1, -0.05) is 0 Å². The molecule has 4 aliphatic rings. The van der Waals surface area contributed by atoms with Crippen molar-refractivity contribution < 1.29 is 14.3 Å². The fraction of sp³-hybridized carbons (Fsp3) is 0.867. The van der Waals surface area contributed by atoms with Gasteiger partial charge in [-0.05, 0) is 58.5 Å². The second kappa shape index (κ2) is 4.58. The number of esters is 1. The lowest BCUT2D eigenvalue weighted by molar-refractivity contribution is -0.172. The smallest absolute Gasteiger partial charge is 0.319 e. The maximum Gasteiger partial charge on any atom is 0.319 e. The minimum atomic E-state index is -0.794. The van der Waals surface area contributed by atoms with E-state index in [-0.39, 0.29) is 17.3 Å². The summed E-state index contributed by atoms with van der Waals surface area (Å²) in [5, 5.41) is 0. The normalized spacial score (nSPS) is 38.7. The number of hydrogen-bond donors (Lipinski definition) is 0. The highest BCUT2D eigenvalue weighted by Gasteiger charge is 2.60. The molecule has 4 rings (SSSR count). The van der Waals surface area contributed by atoms with Gasteiger partial charge in [0.1, 0.15) is 5.41 Å². The summed E-state index contributed by atoms with van der Waals surface area (Å²) in [4.78, 5) is 27.2. The van der Waals surface area contributed by atoms with Crippen molar-refractivity contribution in [1.82, 2.24) is 4.90 Å². The van der Waals surface area contributed by atoms with Gasteiger partial charge in [0.05, 0.1) is 6.61 Å². The second-order valence-electron chi connectivity index (χ2n) is 6.32. The molecular formula is C15H23NO3. The van der Waals surface area contributed by atoms with Crippen LogP contribution in [0.25, 0.3) is 0 Å². The van der Waals surface area contributed by atoms with Crippen LogP contribution in [-0.2, 0) is 14.3 Å². The van der Waals surface area contributed by atoms with Gasteiger partial charge >= 0.3 is 5.97 Å². The van der Waals surface area contributed by atoms with E-state index in [2.05, 4.69) is 4.90 Å². The molecule has 0 amide bonds. The molecular weight excluding hydrogens is 242 g/mol. The van der Waals surface area contributed by atoms with Gasteiger partial charge in [-0.3, -0.25) is 14.5 Å². The minimum Gasteiger partial charge on any atom is -0.465 e. The third-order valence-electron chi connectivity index (χ3n) is 5.50. The fourth-order valence-electron chi connectivity index (χ4n) is 4.27. The van der Waals surface area contributed by atoms with E-state index >= 15 is 0 Å². The summed E-state index contributed by atoms with van der Waals surface area (Å²) < 4.78 is 5.16. The summed E-state index contributed by atoms with van der Waals surface area (Å²) in [5.41, 5.74) is -0.723. The number of likely N-dealkylation sites (tertiary alicyclic amines) is 1. The van der Waals surface area contributed by atoms with E-state index in [1.165, 1.54) is 12.8 Å². The molecule has 106 valence electrons. The summed E-state index contributed by atoms with van der Waals surface area (Å²) in [6, 6.07) is 0. The quantitative estimate of drug-likeness (QED) is 0.578. The number of rotatable bonds is 3. The molecule has 3 aliphatic carbocycles. The van der Waals surface area contributed by atoms with Crippen molar-refractivity contribution in [2.24, 2.45) is 5.41 Å². The second-order valence-corrected chi connectivity index (χ2v) is 6.32. The van der Waals surface area contributed by atoms with Crippen LogP contribution in [0.3, 0.4) is 0 Å². The van der Waals surface area contributed by atoms with Crippen LogP contribution in [0, 0.1) is 5.41 Å². The lowest BCUT2D eigenvalue weighted by Crippen LogP contribution is -2.62. The summed E-state index contributed by atoms with van der Waals surface area (Å²) in [7, 11) is 0. The Bertz CT molecular complexity index is 390. The summed E-state index contributed by atoms with van der Waals surface area (Å²) >= 11 is 0. The van der Waals surface area contributed by atoms with Crippen LogP contribution >= 0.6 is 0 Å². The SMILES string of the molecule is CCOC(=O)C12CCC(N3CCCC3)(CC1)CC2=O. The zero-order valence-electron chi connectivity index (χ0n) is 11.7. The van der Waals surface area contributed by atoms with Crippen molar-refractivity contribution in [2.75, 3.05) is 19.7 Å². The number of hydrogen-bond acceptors (Lipinski definition) is 4. The van der Waals surface area contributed by atoms with Crippen LogP contribution in [0.2, 0.25) is 0 Å². The molecule has 0 aromatic rings.